The number of anilines is 1. The molecule has 0 atom stereocenters. The van der Waals surface area contributed by atoms with Gasteiger partial charge in [-0.2, -0.15) is 0 Å². The van der Waals surface area contributed by atoms with Crippen LogP contribution >= 0.6 is 0 Å². The number of ether oxygens (including phenoxy) is 1. The number of para-hydroxylation sites is 2. The molecule has 0 spiro atoms. The largest absolute Gasteiger partial charge is 0.506 e. The molecule has 124 valence electrons. The highest BCUT2D eigenvalue weighted by atomic mass is 16.6. The van der Waals surface area contributed by atoms with E-state index in [9.17, 15) is 19.5 Å². The van der Waals surface area contributed by atoms with Crippen molar-refractivity contribution in [3.05, 3.63) is 24.3 Å². The highest BCUT2D eigenvalue weighted by molar-refractivity contribution is 6.39. The second-order valence-corrected chi connectivity index (χ2v) is 4.95. The van der Waals surface area contributed by atoms with E-state index in [1.165, 1.54) is 21.9 Å². The molecule has 1 aromatic rings. The molecular formula is C15H19N3O5. The van der Waals surface area contributed by atoms with Crippen LogP contribution in [0.1, 0.15) is 6.92 Å². The summed E-state index contributed by atoms with van der Waals surface area (Å²) >= 11 is 0. The minimum absolute atomic E-state index is 0.110. The van der Waals surface area contributed by atoms with Crippen LogP contribution in [-0.2, 0) is 14.3 Å². The van der Waals surface area contributed by atoms with E-state index < -0.39 is 17.9 Å². The molecule has 8 nitrogen and oxygen atoms in total. The fourth-order valence-electron chi connectivity index (χ4n) is 2.21. The van der Waals surface area contributed by atoms with Crippen molar-refractivity contribution < 1.29 is 24.2 Å². The summed E-state index contributed by atoms with van der Waals surface area (Å²) < 4.78 is 4.89. The van der Waals surface area contributed by atoms with Gasteiger partial charge in [0.05, 0.1) is 12.3 Å². The van der Waals surface area contributed by atoms with Crippen molar-refractivity contribution in [2.45, 2.75) is 6.92 Å². The average Bonchev–Trinajstić information content (AvgIpc) is 2.56. The zero-order chi connectivity index (χ0) is 16.8. The van der Waals surface area contributed by atoms with Gasteiger partial charge in [0.15, 0.2) is 0 Å². The lowest BCUT2D eigenvalue weighted by Gasteiger charge is -2.33. The maximum absolute atomic E-state index is 12.1. The number of phenols is 1. The van der Waals surface area contributed by atoms with Crippen molar-refractivity contribution in [3.8, 4) is 5.75 Å². The van der Waals surface area contributed by atoms with Crippen LogP contribution in [0, 0.1) is 0 Å². The Balaban J connectivity index is 1.88. The molecule has 0 bridgehead atoms. The van der Waals surface area contributed by atoms with Crippen LogP contribution in [-0.4, -0.2) is 65.6 Å². The number of nitrogens with zero attached hydrogens (tertiary/aromatic N) is 2. The Morgan fingerprint density at radius 2 is 1.74 bits per heavy atom. The zero-order valence-corrected chi connectivity index (χ0v) is 12.8. The van der Waals surface area contributed by atoms with E-state index in [4.69, 9.17) is 4.74 Å². The summed E-state index contributed by atoms with van der Waals surface area (Å²) in [6, 6.07) is 6.16. The van der Waals surface area contributed by atoms with Crippen molar-refractivity contribution in [3.63, 3.8) is 0 Å². The highest BCUT2D eigenvalue weighted by Crippen LogP contribution is 2.21. The molecule has 1 heterocycles. The molecular weight excluding hydrogens is 302 g/mol. The van der Waals surface area contributed by atoms with Crippen molar-refractivity contribution in [1.29, 1.82) is 0 Å². The number of nitrogens with one attached hydrogen (secondary N) is 1. The normalized spacial score (nSPS) is 14.3. The maximum Gasteiger partial charge on any atom is 0.409 e. The third-order valence-corrected chi connectivity index (χ3v) is 3.44. The SMILES string of the molecule is CCOC(=O)N1CCN(C(=O)C(=O)Nc2ccccc2O)CC1. The maximum atomic E-state index is 12.1. The minimum atomic E-state index is -0.823. The van der Waals surface area contributed by atoms with Crippen LogP contribution in [0.3, 0.4) is 0 Å². The Morgan fingerprint density at radius 3 is 2.35 bits per heavy atom. The van der Waals surface area contributed by atoms with E-state index in [0.29, 0.717) is 19.7 Å². The summed E-state index contributed by atoms with van der Waals surface area (Å²) in [5.41, 5.74) is 0.177. The van der Waals surface area contributed by atoms with Crippen LogP contribution in [0.2, 0.25) is 0 Å². The van der Waals surface area contributed by atoms with Crippen LogP contribution < -0.4 is 5.32 Å². The predicted octanol–water partition coefficient (Wildman–Crippen LogP) is 0.631. The van der Waals surface area contributed by atoms with Crippen molar-refractivity contribution in [2.24, 2.45) is 0 Å². The van der Waals surface area contributed by atoms with E-state index in [-0.39, 0.29) is 24.5 Å². The molecule has 8 heteroatoms. The van der Waals surface area contributed by atoms with Gasteiger partial charge >= 0.3 is 17.9 Å². The van der Waals surface area contributed by atoms with Gasteiger partial charge in [-0.3, -0.25) is 9.59 Å². The van der Waals surface area contributed by atoms with Gasteiger partial charge in [0.2, 0.25) is 0 Å². The lowest BCUT2D eigenvalue weighted by atomic mass is 10.2. The number of carbonyl (C=O) groups excluding carboxylic acids is 3. The van der Waals surface area contributed by atoms with Gasteiger partial charge in [-0.05, 0) is 19.1 Å². The highest BCUT2D eigenvalue weighted by Gasteiger charge is 2.28. The first-order valence-corrected chi connectivity index (χ1v) is 7.33. The first kappa shape index (κ1) is 16.6. The second-order valence-electron chi connectivity index (χ2n) is 4.95. The van der Waals surface area contributed by atoms with Crippen molar-refractivity contribution >= 4 is 23.6 Å². The Bertz CT molecular complexity index is 597. The fourth-order valence-corrected chi connectivity index (χ4v) is 2.21. The lowest BCUT2D eigenvalue weighted by Crippen LogP contribution is -2.53. The van der Waals surface area contributed by atoms with Gasteiger partial charge in [-0.1, -0.05) is 12.1 Å². The third-order valence-electron chi connectivity index (χ3n) is 3.44. The monoisotopic (exact) mass is 321 g/mol. The number of benzene rings is 1. The molecule has 0 aromatic heterocycles. The number of amides is 3. The molecule has 1 aliphatic rings. The van der Waals surface area contributed by atoms with Crippen LogP contribution in [0.4, 0.5) is 10.5 Å². The first-order chi connectivity index (χ1) is 11.0. The van der Waals surface area contributed by atoms with E-state index in [0.717, 1.165) is 0 Å². The molecule has 3 amide bonds. The molecule has 0 saturated carbocycles. The van der Waals surface area contributed by atoms with Crippen molar-refractivity contribution in [2.75, 3.05) is 38.1 Å². The standard InChI is InChI=1S/C15H19N3O5/c1-2-23-15(22)18-9-7-17(8-10-18)14(21)13(20)16-11-5-3-4-6-12(11)19/h3-6,19H,2,7-10H2,1H3,(H,16,20). The molecule has 2 N–H and O–H groups in total. The summed E-state index contributed by atoms with van der Waals surface area (Å²) in [7, 11) is 0. The number of hydrogen-bond donors (Lipinski definition) is 2. The van der Waals surface area contributed by atoms with E-state index in [2.05, 4.69) is 5.32 Å². The number of carbonyl (C=O) groups is 3. The van der Waals surface area contributed by atoms with Crippen LogP contribution in [0.15, 0.2) is 24.3 Å². The first-order valence-electron chi connectivity index (χ1n) is 7.33. The lowest BCUT2D eigenvalue weighted by molar-refractivity contribution is -0.144. The van der Waals surface area contributed by atoms with E-state index in [1.54, 1.807) is 19.1 Å². The van der Waals surface area contributed by atoms with E-state index in [1.807, 2.05) is 0 Å². The Hall–Kier alpha value is -2.77. The summed E-state index contributed by atoms with van der Waals surface area (Å²) in [5, 5.41) is 12.0. The van der Waals surface area contributed by atoms with Gasteiger partial charge in [0.1, 0.15) is 5.75 Å². The predicted molar refractivity (Wildman–Crippen MR) is 81.9 cm³/mol. The number of rotatable bonds is 2. The topological polar surface area (TPSA) is 99.2 Å². The molecule has 0 unspecified atom stereocenters. The second kappa shape index (κ2) is 7.48. The van der Waals surface area contributed by atoms with Gasteiger partial charge < -0.3 is 25.0 Å². The number of phenolic OH excluding ortho intramolecular Hbond substituents is 1. The molecule has 1 aromatic carbocycles. The smallest absolute Gasteiger partial charge is 0.409 e. The zero-order valence-electron chi connectivity index (χ0n) is 12.8. The molecule has 23 heavy (non-hydrogen) atoms. The average molecular weight is 321 g/mol. The minimum Gasteiger partial charge on any atom is -0.506 e. The molecule has 0 aliphatic carbocycles. The van der Waals surface area contributed by atoms with Crippen molar-refractivity contribution in [1.82, 2.24) is 9.80 Å². The Kier molecular flexibility index (Phi) is 5.40. The molecule has 0 radical (unpaired) electrons. The Morgan fingerprint density at radius 1 is 1.13 bits per heavy atom. The van der Waals surface area contributed by atoms with Gasteiger partial charge in [-0.15, -0.1) is 0 Å². The van der Waals surface area contributed by atoms with Gasteiger partial charge in [0.25, 0.3) is 0 Å². The van der Waals surface area contributed by atoms with Crippen LogP contribution in [0.25, 0.3) is 0 Å². The quantitative estimate of drug-likeness (QED) is 0.615. The van der Waals surface area contributed by atoms with Gasteiger partial charge in [0, 0.05) is 26.2 Å². The van der Waals surface area contributed by atoms with E-state index >= 15 is 0 Å². The van der Waals surface area contributed by atoms with Crippen LogP contribution in [0.5, 0.6) is 5.75 Å². The molecule has 1 aliphatic heterocycles. The Labute approximate surface area is 133 Å². The summed E-state index contributed by atoms with van der Waals surface area (Å²) in [5.74, 6) is -1.63. The number of aromatic hydroxyl groups is 1. The molecule has 1 fully saturated rings. The third kappa shape index (κ3) is 4.12. The number of hydrogen-bond acceptors (Lipinski definition) is 5. The summed E-state index contributed by atoms with van der Waals surface area (Å²) in [6.45, 7) is 3.16. The summed E-state index contributed by atoms with van der Waals surface area (Å²) in [4.78, 5) is 38.5. The van der Waals surface area contributed by atoms with Gasteiger partial charge in [-0.25, -0.2) is 4.79 Å². The molecule has 2 rings (SSSR count). The molecule has 1 saturated heterocycles. The summed E-state index contributed by atoms with van der Waals surface area (Å²) in [6.07, 6.45) is -0.418. The fraction of sp³-hybridized carbons (Fsp3) is 0.400. The number of piperazine rings is 1.